The van der Waals surface area contributed by atoms with Crippen molar-refractivity contribution in [3.05, 3.63) is 35.1 Å². The quantitative estimate of drug-likeness (QED) is 0.901. The van der Waals surface area contributed by atoms with Gasteiger partial charge in [-0.3, -0.25) is 4.90 Å². The van der Waals surface area contributed by atoms with E-state index in [9.17, 15) is 4.39 Å². The Bertz CT molecular complexity index is 533. The van der Waals surface area contributed by atoms with Gasteiger partial charge in [-0.15, -0.1) is 0 Å². The zero-order valence-corrected chi connectivity index (χ0v) is 11.6. The molecule has 1 saturated heterocycles. The summed E-state index contributed by atoms with van der Waals surface area (Å²) >= 11 is 0. The third-order valence-electron chi connectivity index (χ3n) is 4.43. The number of nitrogens with zero attached hydrogens (tertiary/aromatic N) is 2. The molecule has 0 spiro atoms. The Kier molecular flexibility index (Phi) is 3.73. The van der Waals surface area contributed by atoms with Crippen LogP contribution in [-0.2, 0) is 0 Å². The van der Waals surface area contributed by atoms with Crippen LogP contribution in [0, 0.1) is 17.1 Å². The Morgan fingerprint density at radius 3 is 2.75 bits per heavy atom. The van der Waals surface area contributed by atoms with Crippen LogP contribution < -0.4 is 5.73 Å². The van der Waals surface area contributed by atoms with E-state index in [4.69, 9.17) is 11.0 Å². The Labute approximate surface area is 119 Å². The predicted octanol–water partition coefficient (Wildman–Crippen LogP) is 2.71. The molecule has 4 heteroatoms. The maximum atomic E-state index is 13.5. The molecule has 0 radical (unpaired) electrons. The highest BCUT2D eigenvalue weighted by Crippen LogP contribution is 2.38. The maximum absolute atomic E-state index is 13.5. The number of hydrogen-bond acceptors (Lipinski definition) is 3. The highest BCUT2D eigenvalue weighted by atomic mass is 19.1. The molecule has 1 aliphatic heterocycles. The lowest BCUT2D eigenvalue weighted by Crippen LogP contribution is -2.41. The van der Waals surface area contributed by atoms with Crippen LogP contribution in [0.3, 0.4) is 0 Å². The average molecular weight is 273 g/mol. The summed E-state index contributed by atoms with van der Waals surface area (Å²) in [5.41, 5.74) is 7.49. The molecule has 3 rings (SSSR count). The van der Waals surface area contributed by atoms with Gasteiger partial charge in [0.15, 0.2) is 0 Å². The fourth-order valence-corrected chi connectivity index (χ4v) is 3.28. The third-order valence-corrected chi connectivity index (χ3v) is 4.43. The smallest absolute Gasteiger partial charge is 0.140 e. The number of halogens is 1. The number of nitriles is 1. The standard InChI is InChI=1S/C16H20FN3/c17-14-7-4-11(9-12(14)10-18)16-15(19)3-1-2-8-20(16)13-5-6-13/h4,7,9,13,15-16H,1-3,5-6,8,19H2. The van der Waals surface area contributed by atoms with Crippen molar-refractivity contribution in [1.82, 2.24) is 4.90 Å². The normalized spacial score (nSPS) is 27.9. The Morgan fingerprint density at radius 2 is 2.05 bits per heavy atom. The van der Waals surface area contributed by atoms with Gasteiger partial charge in [0.25, 0.3) is 0 Å². The van der Waals surface area contributed by atoms with Gasteiger partial charge in [-0.1, -0.05) is 12.5 Å². The lowest BCUT2D eigenvalue weighted by molar-refractivity contribution is 0.175. The first kappa shape index (κ1) is 13.5. The van der Waals surface area contributed by atoms with Crippen molar-refractivity contribution in [2.45, 2.75) is 50.2 Å². The van der Waals surface area contributed by atoms with Crippen molar-refractivity contribution in [2.75, 3.05) is 6.54 Å². The van der Waals surface area contributed by atoms with Gasteiger partial charge in [0, 0.05) is 12.1 Å². The average Bonchev–Trinajstić information content (AvgIpc) is 3.27. The molecule has 1 aromatic rings. The zero-order chi connectivity index (χ0) is 14.1. The Morgan fingerprint density at radius 1 is 1.25 bits per heavy atom. The van der Waals surface area contributed by atoms with Gasteiger partial charge < -0.3 is 5.73 Å². The number of hydrogen-bond donors (Lipinski definition) is 1. The van der Waals surface area contributed by atoms with Crippen LogP contribution in [0.25, 0.3) is 0 Å². The molecule has 20 heavy (non-hydrogen) atoms. The van der Waals surface area contributed by atoms with Crippen molar-refractivity contribution in [2.24, 2.45) is 5.73 Å². The molecular weight excluding hydrogens is 253 g/mol. The number of likely N-dealkylation sites (tertiary alicyclic amines) is 1. The molecule has 2 unspecified atom stereocenters. The molecule has 2 aliphatic rings. The highest BCUT2D eigenvalue weighted by Gasteiger charge is 2.38. The molecule has 2 atom stereocenters. The topological polar surface area (TPSA) is 53.1 Å². The Balaban J connectivity index is 1.96. The molecule has 2 fully saturated rings. The number of nitrogens with two attached hydrogens (primary N) is 1. The predicted molar refractivity (Wildman–Crippen MR) is 75.4 cm³/mol. The fraction of sp³-hybridized carbons (Fsp3) is 0.562. The molecule has 2 N–H and O–H groups in total. The lowest BCUT2D eigenvalue weighted by atomic mass is 9.95. The van der Waals surface area contributed by atoms with E-state index in [1.807, 2.05) is 6.07 Å². The molecule has 106 valence electrons. The van der Waals surface area contributed by atoms with Crippen molar-refractivity contribution in [3.63, 3.8) is 0 Å². The zero-order valence-electron chi connectivity index (χ0n) is 11.6. The molecule has 3 nitrogen and oxygen atoms in total. The van der Waals surface area contributed by atoms with Crippen LogP contribution in [0.15, 0.2) is 18.2 Å². The minimum Gasteiger partial charge on any atom is -0.326 e. The van der Waals surface area contributed by atoms with Crippen molar-refractivity contribution in [1.29, 1.82) is 5.26 Å². The molecule has 1 aromatic carbocycles. The van der Waals surface area contributed by atoms with Gasteiger partial charge in [-0.05, 0) is 49.9 Å². The van der Waals surface area contributed by atoms with Crippen LogP contribution in [0.5, 0.6) is 0 Å². The van der Waals surface area contributed by atoms with E-state index in [-0.39, 0.29) is 17.6 Å². The monoisotopic (exact) mass is 273 g/mol. The summed E-state index contributed by atoms with van der Waals surface area (Å²) in [6, 6.07) is 7.62. The summed E-state index contributed by atoms with van der Waals surface area (Å²) in [6.07, 6.45) is 5.78. The fourth-order valence-electron chi connectivity index (χ4n) is 3.28. The summed E-state index contributed by atoms with van der Waals surface area (Å²) in [5, 5.41) is 9.02. The second-order valence-electron chi connectivity index (χ2n) is 5.92. The molecule has 0 aromatic heterocycles. The summed E-state index contributed by atoms with van der Waals surface area (Å²) in [5.74, 6) is -0.448. The largest absolute Gasteiger partial charge is 0.326 e. The number of rotatable bonds is 2. The number of benzene rings is 1. The Hall–Kier alpha value is -1.44. The van der Waals surface area contributed by atoms with Gasteiger partial charge in [0.1, 0.15) is 11.9 Å². The van der Waals surface area contributed by atoms with Gasteiger partial charge in [0.2, 0.25) is 0 Å². The second kappa shape index (κ2) is 5.51. The molecule has 0 amide bonds. The minimum atomic E-state index is -0.448. The van der Waals surface area contributed by atoms with E-state index in [0.717, 1.165) is 24.9 Å². The van der Waals surface area contributed by atoms with E-state index in [1.165, 1.54) is 25.3 Å². The molecule has 1 heterocycles. The van der Waals surface area contributed by atoms with Gasteiger partial charge in [0.05, 0.1) is 11.6 Å². The lowest BCUT2D eigenvalue weighted by Gasteiger charge is -2.34. The van der Waals surface area contributed by atoms with Gasteiger partial charge >= 0.3 is 0 Å². The van der Waals surface area contributed by atoms with Crippen LogP contribution in [0.2, 0.25) is 0 Å². The van der Waals surface area contributed by atoms with Crippen molar-refractivity contribution >= 4 is 0 Å². The van der Waals surface area contributed by atoms with E-state index in [1.54, 1.807) is 12.1 Å². The first-order chi connectivity index (χ1) is 9.70. The van der Waals surface area contributed by atoms with E-state index in [2.05, 4.69) is 4.90 Å². The molecule has 1 aliphatic carbocycles. The summed E-state index contributed by atoms with van der Waals surface area (Å²) < 4.78 is 13.5. The second-order valence-corrected chi connectivity index (χ2v) is 5.92. The van der Waals surface area contributed by atoms with E-state index in [0.29, 0.717) is 6.04 Å². The van der Waals surface area contributed by atoms with Crippen LogP contribution in [-0.4, -0.2) is 23.5 Å². The maximum Gasteiger partial charge on any atom is 0.140 e. The summed E-state index contributed by atoms with van der Waals surface area (Å²) in [4.78, 5) is 2.48. The van der Waals surface area contributed by atoms with E-state index < -0.39 is 5.82 Å². The summed E-state index contributed by atoms with van der Waals surface area (Å²) in [7, 11) is 0. The van der Waals surface area contributed by atoms with Crippen LogP contribution in [0.1, 0.15) is 49.3 Å². The van der Waals surface area contributed by atoms with Gasteiger partial charge in [-0.2, -0.15) is 5.26 Å². The highest BCUT2D eigenvalue weighted by molar-refractivity contribution is 5.36. The molecule has 0 bridgehead atoms. The third kappa shape index (κ3) is 2.56. The molecule has 1 saturated carbocycles. The minimum absolute atomic E-state index is 0.0649. The van der Waals surface area contributed by atoms with Crippen molar-refractivity contribution < 1.29 is 4.39 Å². The van der Waals surface area contributed by atoms with Crippen LogP contribution in [0.4, 0.5) is 4.39 Å². The first-order valence-corrected chi connectivity index (χ1v) is 7.41. The van der Waals surface area contributed by atoms with E-state index >= 15 is 0 Å². The SMILES string of the molecule is N#Cc1cc(C2C(N)CCCCN2C2CC2)ccc1F. The summed E-state index contributed by atoms with van der Waals surface area (Å²) in [6.45, 7) is 1.06. The van der Waals surface area contributed by atoms with Crippen LogP contribution >= 0.6 is 0 Å². The first-order valence-electron chi connectivity index (χ1n) is 7.41. The molecular formula is C16H20FN3. The van der Waals surface area contributed by atoms with Crippen molar-refractivity contribution in [3.8, 4) is 6.07 Å². The van der Waals surface area contributed by atoms with Gasteiger partial charge in [-0.25, -0.2) is 4.39 Å².